The van der Waals surface area contributed by atoms with E-state index in [2.05, 4.69) is 5.32 Å². The molecule has 2 aliphatic heterocycles. The number of benzene rings is 1. The van der Waals surface area contributed by atoms with E-state index in [0.29, 0.717) is 44.6 Å². The lowest BCUT2D eigenvalue weighted by Gasteiger charge is -2.35. The van der Waals surface area contributed by atoms with Crippen molar-refractivity contribution in [2.75, 3.05) is 19.8 Å². The molecule has 0 bridgehead atoms. The molecule has 0 saturated carbocycles. The minimum Gasteiger partial charge on any atom is -0.490 e. The molecule has 2 heterocycles. The Bertz CT molecular complexity index is 544. The second-order valence-corrected chi connectivity index (χ2v) is 5.59. The predicted octanol–water partition coefficient (Wildman–Crippen LogP) is 1.27. The molecule has 3 N–H and O–H groups in total. The van der Waals surface area contributed by atoms with E-state index in [1.165, 1.54) is 6.07 Å². The highest BCUT2D eigenvalue weighted by Gasteiger charge is 2.38. The van der Waals surface area contributed by atoms with E-state index in [1.807, 2.05) is 0 Å². The molecule has 6 heteroatoms. The third kappa shape index (κ3) is 2.73. The van der Waals surface area contributed by atoms with Crippen LogP contribution in [-0.2, 0) is 9.53 Å². The number of hydrogen-bond acceptors (Lipinski definition) is 4. The van der Waals surface area contributed by atoms with Gasteiger partial charge in [-0.15, -0.1) is 0 Å². The second kappa shape index (κ2) is 5.61. The Labute approximate surface area is 122 Å². The lowest BCUT2D eigenvalue weighted by molar-refractivity contribution is -0.130. The number of amides is 1. The number of nitrogens with one attached hydrogen (secondary N) is 1. The second-order valence-electron chi connectivity index (χ2n) is 5.59. The normalized spacial score (nSPS) is 23.8. The van der Waals surface area contributed by atoms with Crippen LogP contribution in [0.2, 0.25) is 0 Å². The summed E-state index contributed by atoms with van der Waals surface area (Å²) in [6, 6.07) is 4.48. The van der Waals surface area contributed by atoms with Gasteiger partial charge in [0.2, 0.25) is 5.91 Å². The van der Waals surface area contributed by atoms with Crippen molar-refractivity contribution in [3.8, 4) is 5.75 Å². The molecule has 21 heavy (non-hydrogen) atoms. The number of hydrogen-bond donors (Lipinski definition) is 2. The molecule has 1 fully saturated rings. The van der Waals surface area contributed by atoms with E-state index >= 15 is 0 Å². The van der Waals surface area contributed by atoms with E-state index < -0.39 is 11.4 Å². The average molecular weight is 294 g/mol. The van der Waals surface area contributed by atoms with Crippen LogP contribution in [-0.4, -0.2) is 31.3 Å². The molecular formula is C15H19FN2O3. The van der Waals surface area contributed by atoms with Crippen molar-refractivity contribution >= 4 is 5.91 Å². The van der Waals surface area contributed by atoms with Crippen molar-refractivity contribution in [3.05, 3.63) is 29.6 Å². The maximum Gasteiger partial charge on any atom is 0.240 e. The third-order valence-electron chi connectivity index (χ3n) is 4.17. The molecule has 2 aliphatic rings. The average Bonchev–Trinajstić information content (AvgIpc) is 2.49. The number of carbonyl (C=O) groups excluding carboxylic acids is 1. The molecule has 0 aromatic heterocycles. The van der Waals surface area contributed by atoms with Crippen LogP contribution in [0.3, 0.4) is 0 Å². The summed E-state index contributed by atoms with van der Waals surface area (Å²) < 4.78 is 24.3. The molecule has 1 aromatic carbocycles. The van der Waals surface area contributed by atoms with E-state index in [-0.39, 0.29) is 17.7 Å². The van der Waals surface area contributed by atoms with Crippen molar-refractivity contribution in [1.29, 1.82) is 0 Å². The highest BCUT2D eigenvalue weighted by atomic mass is 19.1. The number of rotatable bonds is 2. The lowest BCUT2D eigenvalue weighted by atomic mass is 9.89. The molecule has 0 unspecified atom stereocenters. The molecule has 0 spiro atoms. The minimum atomic E-state index is -0.899. The number of nitrogens with two attached hydrogens (primary N) is 1. The molecule has 3 rings (SSSR count). The van der Waals surface area contributed by atoms with Crippen molar-refractivity contribution in [2.24, 2.45) is 5.73 Å². The van der Waals surface area contributed by atoms with Crippen molar-refractivity contribution in [3.63, 3.8) is 0 Å². The molecule has 1 aromatic rings. The molecule has 5 nitrogen and oxygen atoms in total. The van der Waals surface area contributed by atoms with Crippen LogP contribution in [0.5, 0.6) is 5.75 Å². The van der Waals surface area contributed by atoms with Gasteiger partial charge in [-0.25, -0.2) is 4.39 Å². The van der Waals surface area contributed by atoms with Gasteiger partial charge in [0, 0.05) is 25.2 Å². The highest BCUT2D eigenvalue weighted by Crippen LogP contribution is 2.34. The zero-order valence-electron chi connectivity index (χ0n) is 11.7. The summed E-state index contributed by atoms with van der Waals surface area (Å²) in [7, 11) is 0. The Balaban J connectivity index is 1.77. The molecule has 1 atom stereocenters. The number of carbonyl (C=O) groups is 1. The Morgan fingerprint density at radius 1 is 1.33 bits per heavy atom. The van der Waals surface area contributed by atoms with Gasteiger partial charge in [0.25, 0.3) is 0 Å². The van der Waals surface area contributed by atoms with E-state index in [0.717, 1.165) is 0 Å². The number of ether oxygens (including phenoxy) is 2. The summed E-state index contributed by atoms with van der Waals surface area (Å²) >= 11 is 0. The lowest BCUT2D eigenvalue weighted by Crippen LogP contribution is -2.57. The first-order chi connectivity index (χ1) is 10.1. The summed E-state index contributed by atoms with van der Waals surface area (Å²) in [5, 5.41) is 2.95. The molecular weight excluding hydrogens is 275 g/mol. The molecule has 0 radical (unpaired) electrons. The van der Waals surface area contributed by atoms with Gasteiger partial charge in [-0.05, 0) is 18.9 Å². The fourth-order valence-electron chi connectivity index (χ4n) is 2.80. The topological polar surface area (TPSA) is 73.6 Å². The van der Waals surface area contributed by atoms with Crippen LogP contribution >= 0.6 is 0 Å². The van der Waals surface area contributed by atoms with E-state index in [9.17, 15) is 9.18 Å². The van der Waals surface area contributed by atoms with Crippen molar-refractivity contribution in [1.82, 2.24) is 5.32 Å². The summed E-state index contributed by atoms with van der Waals surface area (Å²) in [5.74, 6) is -0.375. The van der Waals surface area contributed by atoms with Gasteiger partial charge in [0.05, 0.1) is 18.2 Å². The monoisotopic (exact) mass is 294 g/mol. The standard InChI is InChI=1S/C15H19FN2O3/c16-11-3-1-2-10-12(4-7-21-13(10)11)18-14(19)15(17)5-8-20-9-6-15/h1-3,12H,4-9,17H2,(H,18,19)/t12-/m1/s1. The fourth-order valence-corrected chi connectivity index (χ4v) is 2.80. The third-order valence-corrected chi connectivity index (χ3v) is 4.17. The van der Waals surface area contributed by atoms with Gasteiger partial charge in [-0.3, -0.25) is 4.79 Å². The van der Waals surface area contributed by atoms with Gasteiger partial charge in [-0.1, -0.05) is 12.1 Å². The van der Waals surface area contributed by atoms with Crippen molar-refractivity contribution < 1.29 is 18.7 Å². The molecule has 0 aliphatic carbocycles. The maximum atomic E-state index is 13.7. The SMILES string of the molecule is NC1(C(=O)N[C@@H]2CCOc3c(F)cccc32)CCOCC1. The minimum absolute atomic E-state index is 0.201. The van der Waals surface area contributed by atoms with E-state index in [4.69, 9.17) is 15.2 Å². The first-order valence-corrected chi connectivity index (χ1v) is 7.19. The van der Waals surface area contributed by atoms with Gasteiger partial charge in [0.15, 0.2) is 11.6 Å². The van der Waals surface area contributed by atoms with E-state index in [1.54, 1.807) is 12.1 Å². The molecule has 114 valence electrons. The number of para-hydroxylation sites is 1. The molecule has 1 saturated heterocycles. The summed E-state index contributed by atoms with van der Waals surface area (Å²) in [5.41, 5.74) is 5.95. The van der Waals surface area contributed by atoms with Crippen molar-refractivity contribution in [2.45, 2.75) is 30.8 Å². The van der Waals surface area contributed by atoms with Gasteiger partial charge in [-0.2, -0.15) is 0 Å². The fraction of sp³-hybridized carbons (Fsp3) is 0.533. The summed E-state index contributed by atoms with van der Waals surface area (Å²) in [4.78, 5) is 12.5. The van der Waals surface area contributed by atoms with Crippen LogP contribution in [0.4, 0.5) is 4.39 Å². The first kappa shape index (κ1) is 14.3. The zero-order chi connectivity index (χ0) is 14.9. The highest BCUT2D eigenvalue weighted by molar-refractivity contribution is 5.86. The van der Waals surface area contributed by atoms with Gasteiger partial charge in [0.1, 0.15) is 0 Å². The number of halogens is 1. The van der Waals surface area contributed by atoms with Crippen LogP contribution in [0.1, 0.15) is 30.9 Å². The van der Waals surface area contributed by atoms with Crippen LogP contribution < -0.4 is 15.8 Å². The van der Waals surface area contributed by atoms with Crippen LogP contribution in [0, 0.1) is 5.82 Å². The Morgan fingerprint density at radius 2 is 2.10 bits per heavy atom. The smallest absolute Gasteiger partial charge is 0.240 e. The quantitative estimate of drug-likeness (QED) is 0.861. The maximum absolute atomic E-state index is 13.7. The predicted molar refractivity (Wildman–Crippen MR) is 74.4 cm³/mol. The van der Waals surface area contributed by atoms with Crippen LogP contribution in [0.25, 0.3) is 0 Å². The van der Waals surface area contributed by atoms with Gasteiger partial charge >= 0.3 is 0 Å². The first-order valence-electron chi connectivity index (χ1n) is 7.19. The summed E-state index contributed by atoms with van der Waals surface area (Å²) in [6.07, 6.45) is 1.60. The Kier molecular flexibility index (Phi) is 3.82. The Hall–Kier alpha value is -1.66. The summed E-state index contributed by atoms with van der Waals surface area (Å²) in [6.45, 7) is 1.35. The number of fused-ring (bicyclic) bond motifs is 1. The van der Waals surface area contributed by atoms with Gasteiger partial charge < -0.3 is 20.5 Å². The largest absolute Gasteiger partial charge is 0.490 e. The molecule has 1 amide bonds. The van der Waals surface area contributed by atoms with Crippen LogP contribution in [0.15, 0.2) is 18.2 Å². The Morgan fingerprint density at radius 3 is 2.86 bits per heavy atom. The zero-order valence-corrected chi connectivity index (χ0v) is 11.7.